The van der Waals surface area contributed by atoms with E-state index >= 15 is 0 Å². The molecule has 16 heavy (non-hydrogen) atoms. The van der Waals surface area contributed by atoms with Gasteiger partial charge in [0.15, 0.2) is 6.23 Å². The maximum atomic E-state index is 11.6. The van der Waals surface area contributed by atoms with Crippen molar-refractivity contribution in [1.82, 2.24) is 0 Å². The third-order valence-corrected chi connectivity index (χ3v) is 1.88. The van der Waals surface area contributed by atoms with Crippen molar-refractivity contribution in [3.63, 3.8) is 0 Å². The lowest BCUT2D eigenvalue weighted by Crippen LogP contribution is -2.21. The molecule has 1 aliphatic rings. The molecule has 0 amide bonds. The number of dihydropyridines is 1. The normalized spacial score (nSPS) is 21.0. The molecule has 0 radical (unpaired) electrons. The van der Waals surface area contributed by atoms with E-state index in [1.54, 1.807) is 6.21 Å². The molecule has 0 fully saturated rings. The van der Waals surface area contributed by atoms with Gasteiger partial charge in [-0.2, -0.15) is 0 Å². The molecule has 0 aromatic carbocycles. The average molecular weight is 238 g/mol. The summed E-state index contributed by atoms with van der Waals surface area (Å²) in [7, 11) is 0. The molecule has 1 unspecified atom stereocenters. The van der Waals surface area contributed by atoms with Gasteiger partial charge in [0.25, 0.3) is 0 Å². The third-order valence-electron chi connectivity index (χ3n) is 1.88. The number of hydrogen-bond donors (Lipinski definition) is 1. The van der Waals surface area contributed by atoms with Crippen molar-refractivity contribution in [2.75, 3.05) is 19.8 Å². The number of nitrogens with two attached hydrogens (primary N) is 1. The number of hydrogen-bond acceptors (Lipinski definition) is 4. The summed E-state index contributed by atoms with van der Waals surface area (Å²) in [4.78, 5) is 3.98. The summed E-state index contributed by atoms with van der Waals surface area (Å²) in [5.41, 5.74) is 6.27. The summed E-state index contributed by atoms with van der Waals surface area (Å²) >= 11 is 0. The summed E-state index contributed by atoms with van der Waals surface area (Å²) in [5.74, 6) is 0. The molecule has 0 saturated heterocycles. The lowest BCUT2D eigenvalue weighted by Gasteiger charge is -2.16. The fourth-order valence-corrected chi connectivity index (χ4v) is 1.13. The standard InChI is InChI=1S/C9H13F3N2O2/c10-9(11,12)16-4-3-15-8-2-1-7(5-13)6-14-8/h1,6,8H,2-5,13H2. The maximum Gasteiger partial charge on any atom is 0.522 e. The first kappa shape index (κ1) is 13.1. The Hall–Kier alpha value is -0.920. The van der Waals surface area contributed by atoms with Crippen LogP contribution in [0.1, 0.15) is 6.42 Å². The minimum atomic E-state index is -4.61. The van der Waals surface area contributed by atoms with E-state index < -0.39 is 19.2 Å². The van der Waals surface area contributed by atoms with Gasteiger partial charge in [0, 0.05) is 19.2 Å². The van der Waals surface area contributed by atoms with Crippen LogP contribution in [0.5, 0.6) is 0 Å². The van der Waals surface area contributed by atoms with E-state index in [-0.39, 0.29) is 6.61 Å². The Balaban J connectivity index is 2.12. The Morgan fingerprint density at radius 2 is 2.19 bits per heavy atom. The van der Waals surface area contributed by atoms with Crippen molar-refractivity contribution in [1.29, 1.82) is 0 Å². The second-order valence-electron chi connectivity index (χ2n) is 3.12. The van der Waals surface area contributed by atoms with E-state index in [0.29, 0.717) is 13.0 Å². The van der Waals surface area contributed by atoms with Crippen molar-refractivity contribution in [3.05, 3.63) is 11.6 Å². The Morgan fingerprint density at radius 3 is 2.69 bits per heavy atom. The molecule has 0 spiro atoms. The number of ether oxygens (including phenoxy) is 2. The largest absolute Gasteiger partial charge is 0.522 e. The van der Waals surface area contributed by atoms with Crippen LogP contribution in [0, 0.1) is 0 Å². The molecule has 1 aliphatic heterocycles. The number of nitrogens with zero attached hydrogens (tertiary/aromatic N) is 1. The minimum absolute atomic E-state index is 0.146. The van der Waals surface area contributed by atoms with Crippen LogP contribution < -0.4 is 5.73 Å². The summed E-state index contributed by atoms with van der Waals surface area (Å²) in [6.07, 6.45) is -1.10. The van der Waals surface area contributed by atoms with Crippen LogP contribution in [0.2, 0.25) is 0 Å². The highest BCUT2D eigenvalue weighted by Gasteiger charge is 2.28. The van der Waals surface area contributed by atoms with Gasteiger partial charge in [0.2, 0.25) is 0 Å². The van der Waals surface area contributed by atoms with Crippen molar-refractivity contribution in [2.45, 2.75) is 19.0 Å². The van der Waals surface area contributed by atoms with Gasteiger partial charge in [-0.3, -0.25) is 9.73 Å². The molecular formula is C9H13F3N2O2. The molecule has 1 rings (SSSR count). The Labute approximate surface area is 90.9 Å². The Morgan fingerprint density at radius 1 is 1.44 bits per heavy atom. The predicted molar refractivity (Wildman–Crippen MR) is 52.0 cm³/mol. The molecule has 92 valence electrons. The van der Waals surface area contributed by atoms with Crippen LogP contribution in [0.25, 0.3) is 0 Å². The van der Waals surface area contributed by atoms with Gasteiger partial charge < -0.3 is 10.5 Å². The number of aliphatic imine (C=N–C) groups is 1. The number of halogens is 3. The molecule has 7 heteroatoms. The highest BCUT2D eigenvalue weighted by atomic mass is 19.4. The first-order valence-electron chi connectivity index (χ1n) is 4.76. The molecule has 4 nitrogen and oxygen atoms in total. The molecule has 0 aromatic heterocycles. The van der Waals surface area contributed by atoms with Crippen LogP contribution in [0.4, 0.5) is 13.2 Å². The smallest absolute Gasteiger partial charge is 0.354 e. The van der Waals surface area contributed by atoms with Crippen LogP contribution in [0.15, 0.2) is 16.6 Å². The van der Waals surface area contributed by atoms with Crippen LogP contribution in [0.3, 0.4) is 0 Å². The van der Waals surface area contributed by atoms with E-state index in [1.807, 2.05) is 6.08 Å². The minimum Gasteiger partial charge on any atom is -0.354 e. The van der Waals surface area contributed by atoms with Crippen molar-refractivity contribution < 1.29 is 22.6 Å². The first-order valence-corrected chi connectivity index (χ1v) is 4.76. The lowest BCUT2D eigenvalue weighted by molar-refractivity contribution is -0.327. The van der Waals surface area contributed by atoms with Gasteiger partial charge in [-0.1, -0.05) is 6.08 Å². The van der Waals surface area contributed by atoms with E-state index in [2.05, 4.69) is 9.73 Å². The van der Waals surface area contributed by atoms with Crippen molar-refractivity contribution >= 4 is 6.21 Å². The zero-order valence-corrected chi connectivity index (χ0v) is 8.54. The van der Waals surface area contributed by atoms with Crippen molar-refractivity contribution in [2.24, 2.45) is 10.7 Å². The van der Waals surface area contributed by atoms with E-state index in [4.69, 9.17) is 10.5 Å². The van der Waals surface area contributed by atoms with Gasteiger partial charge in [0.05, 0.1) is 13.2 Å². The monoisotopic (exact) mass is 238 g/mol. The number of rotatable bonds is 5. The fraction of sp³-hybridized carbons (Fsp3) is 0.667. The highest BCUT2D eigenvalue weighted by Crippen LogP contribution is 2.16. The van der Waals surface area contributed by atoms with Crippen molar-refractivity contribution in [3.8, 4) is 0 Å². The second kappa shape index (κ2) is 5.97. The Kier molecular flexibility index (Phi) is 4.91. The van der Waals surface area contributed by atoms with Gasteiger partial charge in [0.1, 0.15) is 0 Å². The quantitative estimate of drug-likeness (QED) is 0.733. The second-order valence-corrected chi connectivity index (χ2v) is 3.12. The van der Waals surface area contributed by atoms with E-state index in [9.17, 15) is 13.2 Å². The molecule has 2 N–H and O–H groups in total. The molecule has 0 saturated carbocycles. The fourth-order valence-electron chi connectivity index (χ4n) is 1.13. The van der Waals surface area contributed by atoms with Gasteiger partial charge >= 0.3 is 6.36 Å². The van der Waals surface area contributed by atoms with E-state index in [1.165, 1.54) is 0 Å². The zero-order chi connectivity index (χ0) is 12.0. The van der Waals surface area contributed by atoms with Gasteiger partial charge in [-0.15, -0.1) is 13.2 Å². The molecule has 1 heterocycles. The SMILES string of the molecule is NCC1=CCC(OCCOC(F)(F)F)N=C1. The third kappa shape index (κ3) is 5.24. The van der Waals surface area contributed by atoms with E-state index in [0.717, 1.165) is 5.57 Å². The summed E-state index contributed by atoms with van der Waals surface area (Å²) < 4.78 is 43.4. The van der Waals surface area contributed by atoms with Crippen LogP contribution in [-0.4, -0.2) is 38.6 Å². The predicted octanol–water partition coefficient (Wildman–Crippen LogP) is 1.23. The summed E-state index contributed by atoms with van der Waals surface area (Å²) in [6, 6.07) is 0. The molecule has 1 atom stereocenters. The van der Waals surface area contributed by atoms with Gasteiger partial charge in [-0.25, -0.2) is 0 Å². The maximum absolute atomic E-state index is 11.6. The van der Waals surface area contributed by atoms with Crippen LogP contribution >= 0.6 is 0 Å². The number of alkyl halides is 3. The molecular weight excluding hydrogens is 225 g/mol. The molecule has 0 aromatic rings. The molecule has 0 aliphatic carbocycles. The topological polar surface area (TPSA) is 56.8 Å². The average Bonchev–Trinajstić information content (AvgIpc) is 2.24. The Bertz CT molecular complexity index is 276. The first-order chi connectivity index (χ1) is 7.51. The van der Waals surface area contributed by atoms with Gasteiger partial charge in [-0.05, 0) is 5.57 Å². The summed E-state index contributed by atoms with van der Waals surface area (Å²) in [6.45, 7) is -0.274. The summed E-state index contributed by atoms with van der Waals surface area (Å²) in [5, 5.41) is 0. The highest BCUT2D eigenvalue weighted by molar-refractivity contribution is 5.79. The lowest BCUT2D eigenvalue weighted by atomic mass is 10.2. The zero-order valence-electron chi connectivity index (χ0n) is 8.54. The molecule has 0 bridgehead atoms. The van der Waals surface area contributed by atoms with Crippen LogP contribution in [-0.2, 0) is 9.47 Å².